The predicted molar refractivity (Wildman–Crippen MR) is 79.6 cm³/mol. The van der Waals surface area contributed by atoms with Crippen molar-refractivity contribution in [3.8, 4) is 5.75 Å². The van der Waals surface area contributed by atoms with Crippen LogP contribution in [-0.2, 0) is 0 Å². The maximum atomic E-state index is 11.9. The van der Waals surface area contributed by atoms with Gasteiger partial charge in [0.1, 0.15) is 5.75 Å². The zero-order chi connectivity index (χ0) is 14.7. The Morgan fingerprint density at radius 3 is 2.24 bits per heavy atom. The molecule has 0 bridgehead atoms. The molecule has 2 aromatic rings. The molecule has 0 radical (unpaired) electrons. The van der Waals surface area contributed by atoms with Crippen LogP contribution in [0, 0.1) is 5.92 Å². The van der Waals surface area contributed by atoms with Gasteiger partial charge in [0.2, 0.25) is 0 Å². The van der Waals surface area contributed by atoms with E-state index in [0.29, 0.717) is 17.0 Å². The number of ether oxygens (including phenoxy) is 1. The van der Waals surface area contributed by atoms with Crippen LogP contribution >= 0.6 is 0 Å². The van der Waals surface area contributed by atoms with Crippen molar-refractivity contribution in [2.45, 2.75) is 12.8 Å². The molecule has 0 heterocycles. The van der Waals surface area contributed by atoms with Crippen LogP contribution in [0.3, 0.4) is 0 Å². The molecule has 4 nitrogen and oxygen atoms in total. The minimum Gasteiger partial charge on any atom is -0.410 e. The third-order valence-corrected chi connectivity index (χ3v) is 3.32. The maximum Gasteiger partial charge on any atom is 0.417 e. The van der Waals surface area contributed by atoms with Crippen LogP contribution in [0.1, 0.15) is 23.2 Å². The molecular formula is C17H15NO3. The van der Waals surface area contributed by atoms with Gasteiger partial charge < -0.3 is 4.74 Å². The second kappa shape index (κ2) is 5.79. The number of para-hydroxylation sites is 1. The Bertz CT molecular complexity index is 645. The maximum absolute atomic E-state index is 11.9. The Hall–Kier alpha value is -2.62. The van der Waals surface area contributed by atoms with E-state index in [1.165, 1.54) is 0 Å². The molecule has 4 heteroatoms. The van der Waals surface area contributed by atoms with Crippen LogP contribution in [0.15, 0.2) is 54.6 Å². The smallest absolute Gasteiger partial charge is 0.410 e. The minimum atomic E-state index is -0.553. The number of amides is 1. The van der Waals surface area contributed by atoms with E-state index in [4.69, 9.17) is 4.74 Å². The highest BCUT2D eigenvalue weighted by molar-refractivity contribution is 5.99. The molecule has 0 spiro atoms. The van der Waals surface area contributed by atoms with Gasteiger partial charge in [-0.1, -0.05) is 18.2 Å². The topological polar surface area (TPSA) is 55.4 Å². The van der Waals surface area contributed by atoms with Gasteiger partial charge in [0.25, 0.3) is 0 Å². The lowest BCUT2D eigenvalue weighted by Gasteiger charge is -2.07. The van der Waals surface area contributed by atoms with E-state index in [1.54, 1.807) is 48.5 Å². The summed E-state index contributed by atoms with van der Waals surface area (Å²) < 4.78 is 5.13. The fraction of sp³-hybridized carbons (Fsp3) is 0.176. The highest BCUT2D eigenvalue weighted by Crippen LogP contribution is 2.32. The monoisotopic (exact) mass is 281 g/mol. The number of ketones is 1. The third-order valence-electron chi connectivity index (χ3n) is 3.32. The summed E-state index contributed by atoms with van der Waals surface area (Å²) in [7, 11) is 0. The zero-order valence-electron chi connectivity index (χ0n) is 11.4. The second-order valence-electron chi connectivity index (χ2n) is 5.04. The standard InChI is InChI=1S/C17H15NO3/c19-16(12-6-7-12)13-8-10-14(11-9-13)18-17(20)21-15-4-2-1-3-5-15/h1-5,8-12H,6-7H2,(H,18,20). The molecule has 3 rings (SSSR count). The molecule has 1 saturated carbocycles. The SMILES string of the molecule is O=C(Nc1ccc(C(=O)C2CC2)cc1)Oc1ccccc1. The van der Waals surface area contributed by atoms with Crippen LogP contribution in [-0.4, -0.2) is 11.9 Å². The van der Waals surface area contributed by atoms with Crippen LogP contribution in [0.5, 0.6) is 5.75 Å². The van der Waals surface area contributed by atoms with Crippen LogP contribution in [0.4, 0.5) is 10.5 Å². The summed E-state index contributed by atoms with van der Waals surface area (Å²) in [5.74, 6) is 0.871. The van der Waals surface area contributed by atoms with Crippen LogP contribution in [0.25, 0.3) is 0 Å². The number of Topliss-reactive ketones (excluding diaryl/α,β-unsaturated/α-hetero) is 1. The largest absolute Gasteiger partial charge is 0.417 e. The molecule has 0 aromatic heterocycles. The highest BCUT2D eigenvalue weighted by atomic mass is 16.6. The first-order chi connectivity index (χ1) is 10.2. The van der Waals surface area contributed by atoms with E-state index in [2.05, 4.69) is 5.32 Å². The van der Waals surface area contributed by atoms with Gasteiger partial charge in [-0.3, -0.25) is 10.1 Å². The summed E-state index contributed by atoms with van der Waals surface area (Å²) in [5, 5.41) is 2.63. The van der Waals surface area contributed by atoms with Gasteiger partial charge in [0, 0.05) is 17.2 Å². The zero-order valence-corrected chi connectivity index (χ0v) is 11.4. The number of anilines is 1. The second-order valence-corrected chi connectivity index (χ2v) is 5.04. The fourth-order valence-corrected chi connectivity index (χ4v) is 2.04. The van der Waals surface area contributed by atoms with Crippen molar-refractivity contribution < 1.29 is 14.3 Å². The molecule has 106 valence electrons. The number of carbonyl (C=O) groups is 2. The normalized spacial score (nSPS) is 13.5. The van der Waals surface area contributed by atoms with E-state index < -0.39 is 6.09 Å². The molecule has 1 aliphatic carbocycles. The number of hydrogen-bond acceptors (Lipinski definition) is 3. The van der Waals surface area contributed by atoms with E-state index >= 15 is 0 Å². The molecule has 0 unspecified atom stereocenters. The summed E-state index contributed by atoms with van der Waals surface area (Å²) in [6, 6.07) is 15.7. The van der Waals surface area contributed by atoms with Gasteiger partial charge in [-0.15, -0.1) is 0 Å². The third kappa shape index (κ3) is 3.48. The average molecular weight is 281 g/mol. The molecule has 0 aliphatic heterocycles. The summed E-state index contributed by atoms with van der Waals surface area (Å²) >= 11 is 0. The van der Waals surface area contributed by atoms with E-state index in [9.17, 15) is 9.59 Å². The number of benzene rings is 2. The Balaban J connectivity index is 1.59. The molecule has 0 saturated heterocycles. The first-order valence-electron chi connectivity index (χ1n) is 6.90. The van der Waals surface area contributed by atoms with Gasteiger partial charge >= 0.3 is 6.09 Å². The number of nitrogens with one attached hydrogen (secondary N) is 1. The van der Waals surface area contributed by atoms with Crippen molar-refractivity contribution in [2.75, 3.05) is 5.32 Å². The molecule has 1 N–H and O–H groups in total. The van der Waals surface area contributed by atoms with Crippen molar-refractivity contribution in [3.05, 3.63) is 60.2 Å². The molecule has 0 atom stereocenters. The van der Waals surface area contributed by atoms with Crippen LogP contribution < -0.4 is 10.1 Å². The van der Waals surface area contributed by atoms with Crippen LogP contribution in [0.2, 0.25) is 0 Å². The fourth-order valence-electron chi connectivity index (χ4n) is 2.04. The Morgan fingerprint density at radius 2 is 1.62 bits per heavy atom. The first kappa shape index (κ1) is 13.4. The van der Waals surface area contributed by atoms with Crippen molar-refractivity contribution in [1.82, 2.24) is 0 Å². The number of rotatable bonds is 4. The average Bonchev–Trinajstić information content (AvgIpc) is 3.33. The van der Waals surface area contributed by atoms with Crippen molar-refractivity contribution >= 4 is 17.6 Å². The molecule has 2 aromatic carbocycles. The van der Waals surface area contributed by atoms with Crippen molar-refractivity contribution in [1.29, 1.82) is 0 Å². The van der Waals surface area contributed by atoms with Crippen molar-refractivity contribution in [3.63, 3.8) is 0 Å². The lowest BCUT2D eigenvalue weighted by atomic mass is 10.1. The Kier molecular flexibility index (Phi) is 3.69. The van der Waals surface area contributed by atoms with Gasteiger partial charge in [-0.2, -0.15) is 0 Å². The summed E-state index contributed by atoms with van der Waals surface area (Å²) in [6.45, 7) is 0. The Morgan fingerprint density at radius 1 is 0.952 bits per heavy atom. The van der Waals surface area contributed by atoms with Gasteiger partial charge in [-0.25, -0.2) is 4.79 Å². The van der Waals surface area contributed by atoms with Gasteiger partial charge in [0.15, 0.2) is 5.78 Å². The van der Waals surface area contributed by atoms with E-state index in [-0.39, 0.29) is 11.7 Å². The first-order valence-corrected chi connectivity index (χ1v) is 6.90. The Labute approximate surface area is 122 Å². The molecule has 1 amide bonds. The summed E-state index contributed by atoms with van der Waals surface area (Å²) in [4.78, 5) is 23.6. The van der Waals surface area contributed by atoms with Gasteiger partial charge in [-0.05, 0) is 49.2 Å². The predicted octanol–water partition coefficient (Wildman–Crippen LogP) is 3.89. The van der Waals surface area contributed by atoms with E-state index in [1.807, 2.05) is 6.07 Å². The van der Waals surface area contributed by atoms with Gasteiger partial charge in [0.05, 0.1) is 0 Å². The highest BCUT2D eigenvalue weighted by Gasteiger charge is 2.30. The number of hydrogen-bond donors (Lipinski definition) is 1. The molecule has 21 heavy (non-hydrogen) atoms. The quantitative estimate of drug-likeness (QED) is 0.865. The van der Waals surface area contributed by atoms with Crippen molar-refractivity contribution in [2.24, 2.45) is 5.92 Å². The summed E-state index contributed by atoms with van der Waals surface area (Å²) in [5.41, 5.74) is 1.29. The molecular weight excluding hydrogens is 266 g/mol. The van der Waals surface area contributed by atoms with E-state index in [0.717, 1.165) is 12.8 Å². The lowest BCUT2D eigenvalue weighted by molar-refractivity contribution is 0.0967. The minimum absolute atomic E-state index is 0.188. The molecule has 1 fully saturated rings. The number of carbonyl (C=O) groups excluding carboxylic acids is 2. The lowest BCUT2D eigenvalue weighted by Crippen LogP contribution is -2.16. The molecule has 1 aliphatic rings. The summed E-state index contributed by atoms with van der Waals surface area (Å²) in [6.07, 6.45) is 1.42.